The van der Waals surface area contributed by atoms with Crippen LogP contribution in [0, 0.1) is 0 Å². The number of methoxy groups -OCH3 is 1. The molecule has 16 heavy (non-hydrogen) atoms. The lowest BCUT2D eigenvalue weighted by atomic mass is 10.2. The largest absolute Gasteiger partial charge is 0.366 e. The fourth-order valence-electron chi connectivity index (χ4n) is 0.944. The SMILES string of the molecule is COC(O)CO[C@H]1NC(=O)NC(=O)[C@]1(F)Br. The lowest BCUT2D eigenvalue weighted by molar-refractivity contribution is -0.159. The van der Waals surface area contributed by atoms with E-state index < -0.39 is 35.6 Å². The average Bonchev–Trinajstić information content (AvgIpc) is 2.21. The number of halogens is 2. The molecule has 1 aliphatic heterocycles. The standard InChI is InChI=1S/C7H10BrFN2O5/c1-15-3(12)2-16-5-7(8,9)4(13)10-6(14)11-5/h3,5,12H,2H2,1H3,(H2,10,11,13,14)/t3?,5-,7-/m1/s1. The molecule has 1 unspecified atom stereocenters. The van der Waals surface area contributed by atoms with E-state index in [1.807, 2.05) is 5.32 Å². The molecule has 0 bridgehead atoms. The van der Waals surface area contributed by atoms with Crippen LogP contribution < -0.4 is 10.6 Å². The Balaban J connectivity index is 2.62. The Bertz CT molecular complexity index is 301. The van der Waals surface area contributed by atoms with Gasteiger partial charge in [0, 0.05) is 7.11 Å². The Morgan fingerprint density at radius 3 is 2.88 bits per heavy atom. The van der Waals surface area contributed by atoms with Gasteiger partial charge in [0.05, 0.1) is 0 Å². The van der Waals surface area contributed by atoms with Crippen molar-refractivity contribution in [2.24, 2.45) is 0 Å². The van der Waals surface area contributed by atoms with Gasteiger partial charge in [-0.1, -0.05) is 0 Å². The van der Waals surface area contributed by atoms with Crippen LogP contribution in [-0.4, -0.2) is 47.9 Å². The summed E-state index contributed by atoms with van der Waals surface area (Å²) >= 11 is 2.48. The summed E-state index contributed by atoms with van der Waals surface area (Å²) in [4.78, 5) is 22.0. The molecule has 0 aromatic carbocycles. The Labute approximate surface area is 98.4 Å². The van der Waals surface area contributed by atoms with Crippen LogP contribution in [0.4, 0.5) is 9.18 Å². The number of carbonyl (C=O) groups is 2. The van der Waals surface area contributed by atoms with Crippen LogP contribution in [0.5, 0.6) is 0 Å². The van der Waals surface area contributed by atoms with Gasteiger partial charge in [0.2, 0.25) is 0 Å². The highest BCUT2D eigenvalue weighted by molar-refractivity contribution is 9.10. The molecule has 0 aliphatic carbocycles. The number of hydrogen-bond donors (Lipinski definition) is 3. The Morgan fingerprint density at radius 2 is 2.31 bits per heavy atom. The highest BCUT2D eigenvalue weighted by Crippen LogP contribution is 2.28. The fraction of sp³-hybridized carbons (Fsp3) is 0.714. The molecule has 1 heterocycles. The van der Waals surface area contributed by atoms with Crippen molar-refractivity contribution in [1.29, 1.82) is 0 Å². The van der Waals surface area contributed by atoms with E-state index >= 15 is 0 Å². The van der Waals surface area contributed by atoms with E-state index in [2.05, 4.69) is 20.7 Å². The quantitative estimate of drug-likeness (QED) is 0.466. The number of urea groups is 1. The molecule has 92 valence electrons. The van der Waals surface area contributed by atoms with Crippen molar-refractivity contribution in [3.05, 3.63) is 0 Å². The van der Waals surface area contributed by atoms with E-state index in [0.717, 1.165) is 0 Å². The smallest absolute Gasteiger partial charge is 0.323 e. The maximum atomic E-state index is 13.7. The summed E-state index contributed by atoms with van der Waals surface area (Å²) in [6.45, 7) is -0.397. The zero-order valence-electron chi connectivity index (χ0n) is 8.20. The normalized spacial score (nSPS) is 31.9. The molecule has 0 aromatic rings. The maximum absolute atomic E-state index is 13.7. The number of aliphatic hydroxyl groups excluding tert-OH is 1. The zero-order chi connectivity index (χ0) is 12.3. The Kier molecular flexibility index (Phi) is 4.19. The van der Waals surface area contributed by atoms with Crippen LogP contribution in [0.2, 0.25) is 0 Å². The molecule has 0 aromatic heterocycles. The van der Waals surface area contributed by atoms with Crippen molar-refractivity contribution in [3.8, 4) is 0 Å². The Morgan fingerprint density at radius 1 is 1.69 bits per heavy atom. The van der Waals surface area contributed by atoms with Crippen molar-refractivity contribution in [2.45, 2.75) is 17.1 Å². The van der Waals surface area contributed by atoms with Crippen molar-refractivity contribution in [2.75, 3.05) is 13.7 Å². The number of carbonyl (C=O) groups excluding carboxylic acids is 2. The number of amides is 3. The summed E-state index contributed by atoms with van der Waals surface area (Å²) in [5.74, 6) is -1.17. The minimum Gasteiger partial charge on any atom is -0.366 e. The van der Waals surface area contributed by atoms with E-state index in [0.29, 0.717) is 0 Å². The molecule has 1 aliphatic rings. The minimum atomic E-state index is -2.59. The number of aliphatic hydroxyl groups is 1. The van der Waals surface area contributed by atoms with E-state index in [-0.39, 0.29) is 0 Å². The van der Waals surface area contributed by atoms with E-state index in [1.54, 1.807) is 5.32 Å². The predicted octanol–water partition coefficient (Wildman–Crippen LogP) is -0.806. The second kappa shape index (κ2) is 5.04. The number of alkyl halides is 2. The van der Waals surface area contributed by atoms with E-state index in [9.17, 15) is 14.0 Å². The number of nitrogens with one attached hydrogen (secondary N) is 2. The molecule has 3 N–H and O–H groups in total. The van der Waals surface area contributed by atoms with Gasteiger partial charge in [-0.25, -0.2) is 9.18 Å². The first-order valence-electron chi connectivity index (χ1n) is 4.20. The number of rotatable bonds is 4. The molecule has 7 nitrogen and oxygen atoms in total. The van der Waals surface area contributed by atoms with Crippen LogP contribution in [0.1, 0.15) is 0 Å². The summed E-state index contributed by atoms with van der Waals surface area (Å²) < 4.78 is 20.4. The summed E-state index contributed by atoms with van der Waals surface area (Å²) in [6, 6.07) is -0.880. The van der Waals surface area contributed by atoms with Gasteiger partial charge in [0.1, 0.15) is 6.61 Å². The van der Waals surface area contributed by atoms with E-state index in [4.69, 9.17) is 9.84 Å². The topological polar surface area (TPSA) is 96.9 Å². The number of imide groups is 1. The van der Waals surface area contributed by atoms with Crippen LogP contribution in [-0.2, 0) is 14.3 Å². The number of hydrogen-bond acceptors (Lipinski definition) is 5. The van der Waals surface area contributed by atoms with Crippen LogP contribution in [0.25, 0.3) is 0 Å². The first-order valence-corrected chi connectivity index (χ1v) is 4.99. The van der Waals surface area contributed by atoms with Crippen molar-refractivity contribution in [3.63, 3.8) is 0 Å². The van der Waals surface area contributed by atoms with Gasteiger partial charge < -0.3 is 19.9 Å². The van der Waals surface area contributed by atoms with Crippen LogP contribution in [0.15, 0.2) is 0 Å². The van der Waals surface area contributed by atoms with Gasteiger partial charge in [-0.05, 0) is 15.9 Å². The van der Waals surface area contributed by atoms with Gasteiger partial charge >= 0.3 is 6.03 Å². The molecule has 0 saturated carbocycles. The first-order chi connectivity index (χ1) is 7.37. The van der Waals surface area contributed by atoms with E-state index in [1.165, 1.54) is 7.11 Å². The van der Waals surface area contributed by atoms with Crippen molar-refractivity contribution in [1.82, 2.24) is 10.6 Å². The van der Waals surface area contributed by atoms with Gasteiger partial charge in [0.25, 0.3) is 10.5 Å². The molecule has 1 rings (SSSR count). The van der Waals surface area contributed by atoms with Gasteiger partial charge in [-0.3, -0.25) is 10.1 Å². The second-order valence-corrected chi connectivity index (χ2v) is 4.11. The zero-order valence-corrected chi connectivity index (χ0v) is 9.78. The predicted molar refractivity (Wildman–Crippen MR) is 52.2 cm³/mol. The van der Waals surface area contributed by atoms with Gasteiger partial charge in [-0.15, -0.1) is 0 Å². The summed E-state index contributed by atoms with van der Waals surface area (Å²) in [5, 5.41) is 12.7. The highest BCUT2D eigenvalue weighted by Gasteiger charge is 2.50. The molecule has 1 saturated heterocycles. The van der Waals surface area contributed by atoms with Crippen LogP contribution in [0.3, 0.4) is 0 Å². The molecule has 0 spiro atoms. The summed E-state index contributed by atoms with van der Waals surface area (Å²) in [5.41, 5.74) is 0. The molecule has 9 heteroatoms. The van der Waals surface area contributed by atoms with Gasteiger partial charge in [-0.2, -0.15) is 0 Å². The summed E-state index contributed by atoms with van der Waals surface area (Å²) in [6.07, 6.45) is -2.82. The third kappa shape index (κ3) is 2.88. The lowest BCUT2D eigenvalue weighted by Gasteiger charge is -2.32. The minimum absolute atomic E-state index is 0.397. The molecular weight excluding hydrogens is 291 g/mol. The molecule has 3 amide bonds. The molecule has 0 radical (unpaired) electrons. The monoisotopic (exact) mass is 300 g/mol. The summed E-state index contributed by atoms with van der Waals surface area (Å²) in [7, 11) is 1.22. The highest BCUT2D eigenvalue weighted by atomic mass is 79.9. The average molecular weight is 301 g/mol. The molecular formula is C7H10BrFN2O5. The van der Waals surface area contributed by atoms with Crippen molar-refractivity contribution < 1.29 is 28.6 Å². The maximum Gasteiger partial charge on any atom is 0.323 e. The molecule has 3 atom stereocenters. The second-order valence-electron chi connectivity index (χ2n) is 2.95. The van der Waals surface area contributed by atoms with Crippen molar-refractivity contribution >= 4 is 27.9 Å². The molecule has 1 fully saturated rings. The lowest BCUT2D eigenvalue weighted by Crippen LogP contribution is -2.65. The number of ether oxygens (including phenoxy) is 2. The Hall–Kier alpha value is -0.770. The fourth-order valence-corrected chi connectivity index (χ4v) is 1.29. The first kappa shape index (κ1) is 13.3. The van der Waals surface area contributed by atoms with Crippen LogP contribution >= 0.6 is 15.9 Å². The third-order valence-corrected chi connectivity index (χ3v) is 2.57. The van der Waals surface area contributed by atoms with Gasteiger partial charge in [0.15, 0.2) is 12.5 Å². The third-order valence-electron chi connectivity index (χ3n) is 1.80.